The van der Waals surface area contributed by atoms with Crippen LogP contribution in [0.1, 0.15) is 17.1 Å². The first-order valence-electron chi connectivity index (χ1n) is 6.22. The van der Waals surface area contributed by atoms with Crippen molar-refractivity contribution in [1.82, 2.24) is 5.32 Å². The second-order valence-electron chi connectivity index (χ2n) is 4.29. The SMILES string of the molecule is CNCc1cc(COc2ccc(OC)cc2)c(C)o1. The Morgan fingerprint density at radius 1 is 1.16 bits per heavy atom. The molecule has 0 spiro atoms. The van der Waals surface area contributed by atoms with Crippen molar-refractivity contribution in [2.24, 2.45) is 0 Å². The van der Waals surface area contributed by atoms with E-state index in [1.807, 2.05) is 44.3 Å². The Kier molecular flexibility index (Phi) is 4.47. The van der Waals surface area contributed by atoms with Gasteiger partial charge in [-0.15, -0.1) is 0 Å². The van der Waals surface area contributed by atoms with Gasteiger partial charge < -0.3 is 19.2 Å². The second kappa shape index (κ2) is 6.29. The van der Waals surface area contributed by atoms with Gasteiger partial charge in [0.25, 0.3) is 0 Å². The minimum Gasteiger partial charge on any atom is -0.497 e. The molecule has 0 amide bonds. The highest BCUT2D eigenvalue weighted by Crippen LogP contribution is 2.20. The first kappa shape index (κ1) is 13.5. The average Bonchev–Trinajstić information content (AvgIpc) is 2.78. The van der Waals surface area contributed by atoms with Crippen LogP contribution in [0.4, 0.5) is 0 Å². The summed E-state index contributed by atoms with van der Waals surface area (Å²) in [6.07, 6.45) is 0. The summed E-state index contributed by atoms with van der Waals surface area (Å²) in [5.74, 6) is 3.46. The number of benzene rings is 1. The summed E-state index contributed by atoms with van der Waals surface area (Å²) in [5.41, 5.74) is 1.07. The van der Waals surface area contributed by atoms with E-state index in [0.29, 0.717) is 6.61 Å². The third kappa shape index (κ3) is 3.51. The van der Waals surface area contributed by atoms with E-state index in [4.69, 9.17) is 13.9 Å². The van der Waals surface area contributed by atoms with Gasteiger partial charge in [-0.25, -0.2) is 0 Å². The molecule has 0 aliphatic rings. The molecule has 0 bridgehead atoms. The largest absolute Gasteiger partial charge is 0.497 e. The zero-order valence-corrected chi connectivity index (χ0v) is 11.5. The molecule has 1 aromatic heterocycles. The average molecular weight is 261 g/mol. The Morgan fingerprint density at radius 3 is 2.47 bits per heavy atom. The molecule has 19 heavy (non-hydrogen) atoms. The molecule has 4 nitrogen and oxygen atoms in total. The van der Waals surface area contributed by atoms with Gasteiger partial charge in [0, 0.05) is 5.56 Å². The lowest BCUT2D eigenvalue weighted by molar-refractivity contribution is 0.302. The van der Waals surface area contributed by atoms with Crippen LogP contribution in [0.2, 0.25) is 0 Å². The van der Waals surface area contributed by atoms with Gasteiger partial charge in [-0.05, 0) is 44.3 Å². The van der Waals surface area contributed by atoms with Crippen LogP contribution in [0, 0.1) is 6.92 Å². The Hall–Kier alpha value is -1.94. The first-order valence-corrected chi connectivity index (χ1v) is 6.22. The van der Waals surface area contributed by atoms with E-state index in [1.165, 1.54) is 0 Å². The standard InChI is InChI=1S/C15H19NO3/c1-11-12(8-15(19-11)9-16-2)10-18-14-6-4-13(17-3)5-7-14/h4-8,16H,9-10H2,1-3H3. The van der Waals surface area contributed by atoms with Crippen LogP contribution in [0.25, 0.3) is 0 Å². The van der Waals surface area contributed by atoms with Crippen LogP contribution in [0.15, 0.2) is 34.7 Å². The van der Waals surface area contributed by atoms with Crippen LogP contribution in [0.5, 0.6) is 11.5 Å². The summed E-state index contributed by atoms with van der Waals surface area (Å²) in [6.45, 7) is 3.18. The molecule has 0 aliphatic carbocycles. The topological polar surface area (TPSA) is 43.6 Å². The van der Waals surface area contributed by atoms with Gasteiger partial charge in [-0.3, -0.25) is 0 Å². The predicted octanol–water partition coefficient (Wildman–Crippen LogP) is 2.90. The molecule has 0 unspecified atom stereocenters. The van der Waals surface area contributed by atoms with E-state index in [-0.39, 0.29) is 0 Å². The summed E-state index contributed by atoms with van der Waals surface area (Å²) in [4.78, 5) is 0. The summed E-state index contributed by atoms with van der Waals surface area (Å²) < 4.78 is 16.4. The summed E-state index contributed by atoms with van der Waals surface area (Å²) in [5, 5.41) is 3.06. The van der Waals surface area contributed by atoms with E-state index in [9.17, 15) is 0 Å². The molecule has 0 saturated heterocycles. The number of nitrogens with one attached hydrogen (secondary N) is 1. The quantitative estimate of drug-likeness (QED) is 0.868. The van der Waals surface area contributed by atoms with Crippen molar-refractivity contribution < 1.29 is 13.9 Å². The number of hydrogen-bond acceptors (Lipinski definition) is 4. The van der Waals surface area contributed by atoms with Gasteiger partial charge in [-0.2, -0.15) is 0 Å². The number of furan rings is 1. The van der Waals surface area contributed by atoms with Gasteiger partial charge in [0.2, 0.25) is 0 Å². The molecular formula is C15H19NO3. The monoisotopic (exact) mass is 261 g/mol. The molecule has 0 atom stereocenters. The predicted molar refractivity (Wildman–Crippen MR) is 73.5 cm³/mol. The summed E-state index contributed by atoms with van der Waals surface area (Å²) in [7, 11) is 3.54. The minimum atomic E-state index is 0.505. The molecule has 1 heterocycles. The molecule has 102 valence electrons. The van der Waals surface area contributed by atoms with E-state index in [0.717, 1.165) is 35.1 Å². The van der Waals surface area contributed by atoms with Crippen molar-refractivity contribution in [3.8, 4) is 11.5 Å². The number of ether oxygens (including phenoxy) is 2. The first-order chi connectivity index (χ1) is 9.22. The Bertz CT molecular complexity index is 517. The molecule has 0 fully saturated rings. The molecule has 1 aromatic carbocycles. The minimum absolute atomic E-state index is 0.505. The zero-order valence-electron chi connectivity index (χ0n) is 11.5. The van der Waals surface area contributed by atoms with Gasteiger partial charge >= 0.3 is 0 Å². The van der Waals surface area contributed by atoms with E-state index >= 15 is 0 Å². The van der Waals surface area contributed by atoms with Crippen LogP contribution in [-0.2, 0) is 13.2 Å². The Labute approximate surface area is 113 Å². The zero-order chi connectivity index (χ0) is 13.7. The van der Waals surface area contributed by atoms with Crippen molar-refractivity contribution in [2.75, 3.05) is 14.2 Å². The molecule has 0 radical (unpaired) electrons. The normalized spacial score (nSPS) is 10.5. The third-order valence-electron chi connectivity index (χ3n) is 2.88. The summed E-state index contributed by atoms with van der Waals surface area (Å²) >= 11 is 0. The summed E-state index contributed by atoms with van der Waals surface area (Å²) in [6, 6.07) is 9.56. The fraction of sp³-hybridized carbons (Fsp3) is 0.333. The van der Waals surface area contributed by atoms with Crippen molar-refractivity contribution >= 4 is 0 Å². The molecular weight excluding hydrogens is 242 g/mol. The highest BCUT2D eigenvalue weighted by atomic mass is 16.5. The second-order valence-corrected chi connectivity index (χ2v) is 4.29. The van der Waals surface area contributed by atoms with E-state index in [1.54, 1.807) is 7.11 Å². The van der Waals surface area contributed by atoms with Crippen molar-refractivity contribution in [2.45, 2.75) is 20.1 Å². The van der Waals surface area contributed by atoms with Crippen molar-refractivity contribution in [1.29, 1.82) is 0 Å². The highest BCUT2D eigenvalue weighted by molar-refractivity contribution is 5.31. The lowest BCUT2D eigenvalue weighted by atomic mass is 10.2. The maximum atomic E-state index is 5.73. The molecule has 4 heteroatoms. The van der Waals surface area contributed by atoms with Crippen LogP contribution >= 0.6 is 0 Å². The third-order valence-corrected chi connectivity index (χ3v) is 2.88. The Morgan fingerprint density at radius 2 is 1.84 bits per heavy atom. The lowest BCUT2D eigenvalue weighted by Crippen LogP contribution is -2.03. The van der Waals surface area contributed by atoms with Crippen LogP contribution in [-0.4, -0.2) is 14.2 Å². The Balaban J connectivity index is 1.97. The fourth-order valence-electron chi connectivity index (χ4n) is 1.83. The number of rotatable bonds is 6. The molecule has 2 aromatic rings. The number of hydrogen-bond donors (Lipinski definition) is 1. The van der Waals surface area contributed by atoms with Crippen molar-refractivity contribution in [3.63, 3.8) is 0 Å². The number of methoxy groups -OCH3 is 1. The molecule has 0 saturated carbocycles. The van der Waals surface area contributed by atoms with Gasteiger partial charge in [-0.1, -0.05) is 0 Å². The van der Waals surface area contributed by atoms with Crippen LogP contribution < -0.4 is 14.8 Å². The maximum absolute atomic E-state index is 5.73. The van der Waals surface area contributed by atoms with Gasteiger partial charge in [0.15, 0.2) is 0 Å². The van der Waals surface area contributed by atoms with E-state index < -0.39 is 0 Å². The van der Waals surface area contributed by atoms with Gasteiger partial charge in [0.05, 0.1) is 13.7 Å². The smallest absolute Gasteiger partial charge is 0.120 e. The van der Waals surface area contributed by atoms with Crippen molar-refractivity contribution in [3.05, 3.63) is 47.4 Å². The fourth-order valence-corrected chi connectivity index (χ4v) is 1.83. The number of aryl methyl sites for hydroxylation is 1. The molecule has 0 aliphatic heterocycles. The van der Waals surface area contributed by atoms with E-state index in [2.05, 4.69) is 5.32 Å². The van der Waals surface area contributed by atoms with Gasteiger partial charge in [0.1, 0.15) is 29.6 Å². The maximum Gasteiger partial charge on any atom is 0.120 e. The molecule has 2 rings (SSSR count). The molecule has 1 N–H and O–H groups in total. The lowest BCUT2D eigenvalue weighted by Gasteiger charge is -2.06. The highest BCUT2D eigenvalue weighted by Gasteiger charge is 2.07. The van der Waals surface area contributed by atoms with Crippen LogP contribution in [0.3, 0.4) is 0 Å².